The second-order valence-corrected chi connectivity index (χ2v) is 7.13. The van der Waals surface area contributed by atoms with Crippen LogP contribution in [0.25, 0.3) is 0 Å². The predicted octanol–water partition coefficient (Wildman–Crippen LogP) is 1.80. The summed E-state index contributed by atoms with van der Waals surface area (Å²) in [4.78, 5) is 26.9. The van der Waals surface area contributed by atoms with E-state index in [9.17, 15) is 14.7 Å². The van der Waals surface area contributed by atoms with Crippen LogP contribution in [0.3, 0.4) is 0 Å². The van der Waals surface area contributed by atoms with Crippen molar-refractivity contribution in [3.8, 4) is 0 Å². The Morgan fingerprint density at radius 3 is 2.73 bits per heavy atom. The maximum atomic E-state index is 12.4. The van der Waals surface area contributed by atoms with Crippen LogP contribution in [0.1, 0.15) is 36.0 Å². The number of benzene rings is 1. The van der Waals surface area contributed by atoms with Crippen LogP contribution in [0.2, 0.25) is 0 Å². The second-order valence-electron chi connectivity index (χ2n) is 7.13. The van der Waals surface area contributed by atoms with E-state index in [1.165, 1.54) is 5.12 Å². The molecule has 1 heterocycles. The van der Waals surface area contributed by atoms with Gasteiger partial charge in [0, 0.05) is 25.1 Å². The fraction of sp³-hybridized carbons (Fsp3) is 0.286. The lowest BCUT2D eigenvalue weighted by molar-refractivity contribution is -0.121. The highest BCUT2D eigenvalue weighted by atomic mass is 16.3. The molecule has 2 aromatic rings. The summed E-state index contributed by atoms with van der Waals surface area (Å²) in [5.74, 6) is -0.699. The first-order valence-electron chi connectivity index (χ1n) is 9.41. The summed E-state index contributed by atoms with van der Waals surface area (Å²) in [5.41, 5.74) is 3.71. The molecule has 1 aromatic carbocycles. The van der Waals surface area contributed by atoms with Crippen LogP contribution in [-0.4, -0.2) is 52.4 Å². The number of amides is 2. The molecule has 0 aliphatic rings. The summed E-state index contributed by atoms with van der Waals surface area (Å²) < 4.78 is 0. The molecule has 30 heavy (non-hydrogen) atoms. The number of aromatic amines is 1. The third-order valence-corrected chi connectivity index (χ3v) is 4.39. The van der Waals surface area contributed by atoms with Gasteiger partial charge in [-0.05, 0) is 49.8 Å². The maximum absolute atomic E-state index is 12.4. The number of aliphatic hydroxyl groups excluding tert-OH is 1. The summed E-state index contributed by atoms with van der Waals surface area (Å²) in [7, 11) is 0. The Balaban J connectivity index is 2.22. The van der Waals surface area contributed by atoms with Gasteiger partial charge in [-0.3, -0.25) is 9.59 Å². The third-order valence-electron chi connectivity index (χ3n) is 4.39. The fourth-order valence-corrected chi connectivity index (χ4v) is 2.83. The molecule has 0 fully saturated rings. The molecule has 2 amide bonds. The van der Waals surface area contributed by atoms with Gasteiger partial charge in [-0.25, -0.2) is 10.5 Å². The summed E-state index contributed by atoms with van der Waals surface area (Å²) in [6.45, 7) is 10.9. The van der Waals surface area contributed by atoms with Crippen molar-refractivity contribution in [3.63, 3.8) is 0 Å². The Bertz CT molecular complexity index is 881. The van der Waals surface area contributed by atoms with Gasteiger partial charge in [-0.15, -0.1) is 0 Å². The van der Waals surface area contributed by atoms with E-state index in [0.717, 1.165) is 17.3 Å². The molecule has 0 saturated carbocycles. The predicted molar refractivity (Wildman–Crippen MR) is 117 cm³/mol. The molecule has 0 radical (unpaired) electrons. The van der Waals surface area contributed by atoms with Gasteiger partial charge in [0.05, 0.1) is 18.2 Å². The van der Waals surface area contributed by atoms with Crippen molar-refractivity contribution in [2.24, 2.45) is 5.10 Å². The average Bonchev–Trinajstić information content (AvgIpc) is 3.26. The minimum Gasteiger partial charge on any atom is -0.389 e. The number of carbonyl (C=O) groups is 2. The molecule has 0 aliphatic carbocycles. The van der Waals surface area contributed by atoms with Crippen LogP contribution in [0.15, 0.2) is 60.4 Å². The SMILES string of the molecule is C=CC(=O)NN(CC(C)(CNC(=O)c1ccc[nH]1)Nc1cccc([C@H](C)O)c1)N=C. The summed E-state index contributed by atoms with van der Waals surface area (Å²) in [6.07, 6.45) is 2.17. The number of carbonyl (C=O) groups excluding carboxylic acids is 2. The summed E-state index contributed by atoms with van der Waals surface area (Å²) >= 11 is 0. The number of rotatable bonds is 11. The Kier molecular flexibility index (Phi) is 7.76. The van der Waals surface area contributed by atoms with Gasteiger partial charge in [0.15, 0.2) is 0 Å². The van der Waals surface area contributed by atoms with E-state index < -0.39 is 17.6 Å². The van der Waals surface area contributed by atoms with Crippen molar-refractivity contribution in [1.82, 2.24) is 20.8 Å². The van der Waals surface area contributed by atoms with E-state index in [1.807, 2.05) is 31.2 Å². The van der Waals surface area contributed by atoms with Gasteiger partial charge in [0.1, 0.15) is 5.69 Å². The zero-order chi connectivity index (χ0) is 22.1. The molecule has 2 rings (SSSR count). The molecule has 0 saturated heterocycles. The highest BCUT2D eigenvalue weighted by Gasteiger charge is 2.29. The third kappa shape index (κ3) is 6.49. The van der Waals surface area contributed by atoms with Crippen molar-refractivity contribution in [2.75, 3.05) is 18.4 Å². The number of H-pyrrole nitrogens is 1. The van der Waals surface area contributed by atoms with Crippen LogP contribution in [0, 0.1) is 0 Å². The van der Waals surface area contributed by atoms with Crippen molar-refractivity contribution in [2.45, 2.75) is 25.5 Å². The first kappa shape index (κ1) is 22.7. The molecule has 1 unspecified atom stereocenters. The molecule has 9 nitrogen and oxygen atoms in total. The lowest BCUT2D eigenvalue weighted by Gasteiger charge is -2.35. The standard InChI is InChI=1S/C21H28N6O3/c1-5-19(29)26-27(22-4)14-21(3,13-24-20(30)18-10-7-11-23-18)25-17-9-6-8-16(12-17)15(2)28/h5-12,15,23,25,28H,1,4,13-14H2,2-3H3,(H,24,30)(H,26,29)/t15-,21?/m0/s1. The number of aromatic nitrogens is 1. The summed E-state index contributed by atoms with van der Waals surface area (Å²) in [6, 6.07) is 10.7. The van der Waals surface area contributed by atoms with Gasteiger partial charge in [0.2, 0.25) is 0 Å². The maximum Gasteiger partial charge on any atom is 0.267 e. The normalized spacial score (nSPS) is 13.4. The molecule has 2 atom stereocenters. The number of hydrazone groups is 1. The van der Waals surface area contributed by atoms with Gasteiger partial charge < -0.3 is 20.7 Å². The molecular formula is C21H28N6O3. The van der Waals surface area contributed by atoms with E-state index >= 15 is 0 Å². The van der Waals surface area contributed by atoms with Crippen molar-refractivity contribution in [3.05, 3.63) is 66.5 Å². The van der Waals surface area contributed by atoms with Crippen LogP contribution < -0.4 is 16.1 Å². The van der Waals surface area contributed by atoms with Gasteiger partial charge in [-0.2, -0.15) is 5.10 Å². The molecule has 9 heteroatoms. The van der Waals surface area contributed by atoms with Crippen LogP contribution in [0.5, 0.6) is 0 Å². The molecule has 160 valence electrons. The number of hydrazine groups is 1. The largest absolute Gasteiger partial charge is 0.389 e. The molecule has 1 aromatic heterocycles. The summed E-state index contributed by atoms with van der Waals surface area (Å²) in [5, 5.41) is 21.2. The van der Waals surface area contributed by atoms with Crippen LogP contribution in [-0.2, 0) is 4.79 Å². The van der Waals surface area contributed by atoms with E-state index in [0.29, 0.717) is 5.69 Å². The number of nitrogens with one attached hydrogen (secondary N) is 4. The smallest absolute Gasteiger partial charge is 0.267 e. The zero-order valence-corrected chi connectivity index (χ0v) is 17.2. The van der Waals surface area contributed by atoms with Crippen LogP contribution >= 0.6 is 0 Å². The number of anilines is 1. The van der Waals surface area contributed by atoms with E-state index in [4.69, 9.17) is 0 Å². The van der Waals surface area contributed by atoms with Crippen molar-refractivity contribution >= 4 is 24.2 Å². The first-order chi connectivity index (χ1) is 14.3. The first-order valence-corrected chi connectivity index (χ1v) is 9.41. The Labute approximate surface area is 175 Å². The fourth-order valence-electron chi connectivity index (χ4n) is 2.83. The number of hydrogen-bond donors (Lipinski definition) is 5. The number of nitrogens with zero attached hydrogens (tertiary/aromatic N) is 2. The Morgan fingerprint density at radius 1 is 1.37 bits per heavy atom. The van der Waals surface area contributed by atoms with Gasteiger partial charge in [0.25, 0.3) is 11.8 Å². The molecule has 0 bridgehead atoms. The minimum atomic E-state index is -0.769. The quantitative estimate of drug-likeness (QED) is 0.219. The lowest BCUT2D eigenvalue weighted by Crippen LogP contribution is -2.56. The monoisotopic (exact) mass is 412 g/mol. The van der Waals surface area contributed by atoms with Crippen molar-refractivity contribution < 1.29 is 14.7 Å². The van der Waals surface area contributed by atoms with Crippen molar-refractivity contribution in [1.29, 1.82) is 0 Å². The van der Waals surface area contributed by atoms with Crippen LogP contribution in [0.4, 0.5) is 5.69 Å². The molecule has 0 spiro atoms. The van der Waals surface area contributed by atoms with Gasteiger partial charge in [-0.1, -0.05) is 18.7 Å². The highest BCUT2D eigenvalue weighted by molar-refractivity contribution is 5.92. The van der Waals surface area contributed by atoms with E-state index in [2.05, 4.69) is 39.4 Å². The molecule has 0 aliphatic heterocycles. The van der Waals surface area contributed by atoms with Gasteiger partial charge >= 0.3 is 0 Å². The second kappa shape index (κ2) is 10.3. The lowest BCUT2D eigenvalue weighted by atomic mass is 10.0. The number of aliphatic hydroxyl groups is 1. The van der Waals surface area contributed by atoms with E-state index in [1.54, 1.807) is 25.3 Å². The highest BCUT2D eigenvalue weighted by Crippen LogP contribution is 2.21. The minimum absolute atomic E-state index is 0.181. The zero-order valence-electron chi connectivity index (χ0n) is 17.2. The van der Waals surface area contributed by atoms with E-state index in [-0.39, 0.29) is 19.0 Å². The average molecular weight is 412 g/mol. The topological polar surface area (TPSA) is 122 Å². The number of hydrogen-bond acceptors (Lipinski definition) is 6. The molecule has 5 N–H and O–H groups in total. The molecular weight excluding hydrogens is 384 g/mol. The Morgan fingerprint density at radius 2 is 2.13 bits per heavy atom. The Hall–Kier alpha value is -3.59.